The minimum atomic E-state index is 0.581. The lowest BCUT2D eigenvalue weighted by Crippen LogP contribution is -2.18. The van der Waals surface area contributed by atoms with Crippen molar-refractivity contribution in [1.29, 1.82) is 0 Å². The maximum atomic E-state index is 6.12. The van der Waals surface area contributed by atoms with Crippen molar-refractivity contribution in [3.8, 4) is 0 Å². The highest BCUT2D eigenvalue weighted by Crippen LogP contribution is 2.27. The normalized spacial score (nSPS) is 11.5. The largest absolute Gasteiger partial charge is 0.388 e. The topological polar surface area (TPSA) is 27.6 Å². The van der Waals surface area contributed by atoms with Gasteiger partial charge in [0, 0.05) is 39.9 Å². The van der Waals surface area contributed by atoms with Crippen LogP contribution < -0.4 is 10.3 Å². The van der Waals surface area contributed by atoms with E-state index in [4.69, 9.17) is 39.9 Å². The molecule has 0 saturated heterocycles. The Kier molecular flexibility index (Phi) is 6.17. The molecule has 0 aliphatic carbocycles. The van der Waals surface area contributed by atoms with Crippen molar-refractivity contribution in [3.63, 3.8) is 0 Å². The van der Waals surface area contributed by atoms with Gasteiger partial charge in [-0.3, -0.25) is 5.01 Å². The lowest BCUT2D eigenvalue weighted by Gasteiger charge is -2.20. The molecule has 2 aromatic carbocycles. The van der Waals surface area contributed by atoms with Crippen LogP contribution in [0, 0.1) is 0 Å². The van der Waals surface area contributed by atoms with Crippen molar-refractivity contribution in [1.82, 2.24) is 0 Å². The van der Waals surface area contributed by atoms with E-state index in [0.29, 0.717) is 21.6 Å². The molecule has 6 heteroatoms. The van der Waals surface area contributed by atoms with Gasteiger partial charge >= 0.3 is 0 Å². The zero-order valence-corrected chi connectivity index (χ0v) is 15.5. The van der Waals surface area contributed by atoms with E-state index in [1.807, 2.05) is 56.2 Å². The average Bonchev–Trinajstić information content (AvgIpc) is 2.51. The summed E-state index contributed by atoms with van der Waals surface area (Å²) < 4.78 is 0. The number of nitrogens with one attached hydrogen (secondary N) is 1. The van der Waals surface area contributed by atoms with E-state index in [9.17, 15) is 0 Å². The molecule has 0 aliphatic rings. The van der Waals surface area contributed by atoms with Crippen molar-refractivity contribution in [2.45, 2.75) is 13.8 Å². The number of nitrogens with zero attached hydrogens (tertiary/aromatic N) is 2. The molecule has 0 heterocycles. The first-order valence-corrected chi connectivity index (χ1v) is 8.34. The van der Waals surface area contributed by atoms with Gasteiger partial charge in [0.1, 0.15) is 0 Å². The van der Waals surface area contributed by atoms with E-state index in [0.717, 1.165) is 22.6 Å². The standard InChI is InChI=1S/C17H18Cl3N3/c1-4-23(15-8-13(19)7-14(20)9-15)22-11(2)16-10-12(18)5-6-17(16)21-3/h5-10,21H,4H2,1-3H3/b22-11+. The van der Waals surface area contributed by atoms with Crippen LogP contribution in [0.3, 0.4) is 0 Å². The van der Waals surface area contributed by atoms with Gasteiger partial charge in [0.2, 0.25) is 0 Å². The van der Waals surface area contributed by atoms with E-state index in [1.165, 1.54) is 0 Å². The molecular formula is C17H18Cl3N3. The Hall–Kier alpha value is -1.42. The third-order valence-corrected chi connectivity index (χ3v) is 4.03. The predicted molar refractivity (Wildman–Crippen MR) is 103 cm³/mol. The van der Waals surface area contributed by atoms with Crippen LogP contribution in [0.15, 0.2) is 41.5 Å². The molecule has 2 aromatic rings. The van der Waals surface area contributed by atoms with Gasteiger partial charge in [-0.05, 0) is 50.2 Å². The molecule has 0 bridgehead atoms. The molecule has 2 rings (SSSR count). The van der Waals surface area contributed by atoms with Gasteiger partial charge in [0.05, 0.1) is 11.4 Å². The Morgan fingerprint density at radius 1 is 1.04 bits per heavy atom. The van der Waals surface area contributed by atoms with Gasteiger partial charge in [-0.2, -0.15) is 5.10 Å². The number of benzene rings is 2. The molecule has 122 valence electrons. The van der Waals surface area contributed by atoms with Gasteiger partial charge < -0.3 is 5.32 Å². The molecule has 0 radical (unpaired) electrons. The van der Waals surface area contributed by atoms with Crippen molar-refractivity contribution in [3.05, 3.63) is 57.0 Å². The van der Waals surface area contributed by atoms with Gasteiger partial charge in [-0.25, -0.2) is 0 Å². The molecule has 0 amide bonds. The zero-order valence-electron chi connectivity index (χ0n) is 13.2. The first kappa shape index (κ1) is 17.9. The van der Waals surface area contributed by atoms with Crippen molar-refractivity contribution < 1.29 is 0 Å². The van der Waals surface area contributed by atoms with E-state index in [2.05, 4.69) is 5.32 Å². The smallest absolute Gasteiger partial charge is 0.0672 e. The summed E-state index contributed by atoms with van der Waals surface area (Å²) in [4.78, 5) is 0. The van der Waals surface area contributed by atoms with Gasteiger partial charge in [-0.1, -0.05) is 34.8 Å². The fourth-order valence-corrected chi connectivity index (χ4v) is 2.95. The van der Waals surface area contributed by atoms with Crippen LogP contribution in [-0.2, 0) is 0 Å². The quantitative estimate of drug-likeness (QED) is 0.521. The number of hydrogen-bond donors (Lipinski definition) is 1. The van der Waals surface area contributed by atoms with Gasteiger partial charge in [0.15, 0.2) is 0 Å². The fourth-order valence-electron chi connectivity index (χ4n) is 2.27. The van der Waals surface area contributed by atoms with Crippen LogP contribution in [-0.4, -0.2) is 19.3 Å². The summed E-state index contributed by atoms with van der Waals surface area (Å²) in [6.45, 7) is 4.65. The summed E-state index contributed by atoms with van der Waals surface area (Å²) in [5.74, 6) is 0. The molecule has 0 aliphatic heterocycles. The number of hydrazone groups is 1. The number of anilines is 2. The Bertz CT molecular complexity index is 709. The minimum absolute atomic E-state index is 0.581. The molecule has 0 fully saturated rings. The second kappa shape index (κ2) is 7.91. The van der Waals surface area contributed by atoms with E-state index in [-0.39, 0.29) is 0 Å². The van der Waals surface area contributed by atoms with Crippen molar-refractivity contribution in [2.24, 2.45) is 5.10 Å². The minimum Gasteiger partial charge on any atom is -0.388 e. The number of hydrogen-bond acceptors (Lipinski definition) is 3. The zero-order chi connectivity index (χ0) is 17.0. The van der Waals surface area contributed by atoms with E-state index >= 15 is 0 Å². The number of rotatable bonds is 5. The van der Waals surface area contributed by atoms with E-state index in [1.54, 1.807) is 6.07 Å². The third-order valence-electron chi connectivity index (χ3n) is 3.36. The van der Waals surface area contributed by atoms with Crippen LogP contribution >= 0.6 is 34.8 Å². The highest BCUT2D eigenvalue weighted by atomic mass is 35.5. The highest BCUT2D eigenvalue weighted by molar-refractivity contribution is 6.35. The molecule has 0 saturated carbocycles. The second-order valence-corrected chi connectivity index (χ2v) is 6.28. The predicted octanol–water partition coefficient (Wildman–Crippen LogP) is 5.94. The monoisotopic (exact) mass is 369 g/mol. The first-order chi connectivity index (χ1) is 10.9. The Morgan fingerprint density at radius 3 is 2.26 bits per heavy atom. The van der Waals surface area contributed by atoms with Crippen LogP contribution in [0.4, 0.5) is 11.4 Å². The summed E-state index contributed by atoms with van der Waals surface area (Å²) in [5, 5.41) is 11.5. The van der Waals surface area contributed by atoms with Crippen LogP contribution in [0.5, 0.6) is 0 Å². The molecule has 0 unspecified atom stereocenters. The molecule has 23 heavy (non-hydrogen) atoms. The Balaban J connectivity index is 2.43. The van der Waals surface area contributed by atoms with Gasteiger partial charge in [-0.15, -0.1) is 0 Å². The highest BCUT2D eigenvalue weighted by Gasteiger charge is 2.10. The Labute approximate surface area is 151 Å². The van der Waals surface area contributed by atoms with Crippen LogP contribution in [0.2, 0.25) is 15.1 Å². The molecule has 0 aromatic heterocycles. The number of halogens is 3. The summed E-state index contributed by atoms with van der Waals surface area (Å²) in [5.41, 5.74) is 3.61. The lowest BCUT2D eigenvalue weighted by molar-refractivity contribution is 0.892. The van der Waals surface area contributed by atoms with E-state index < -0.39 is 0 Å². The average molecular weight is 371 g/mol. The molecule has 0 atom stereocenters. The first-order valence-electron chi connectivity index (χ1n) is 7.21. The van der Waals surface area contributed by atoms with Crippen molar-refractivity contribution in [2.75, 3.05) is 23.9 Å². The second-order valence-electron chi connectivity index (χ2n) is 4.97. The lowest BCUT2D eigenvalue weighted by atomic mass is 10.1. The molecule has 3 nitrogen and oxygen atoms in total. The third kappa shape index (κ3) is 4.54. The van der Waals surface area contributed by atoms with Crippen LogP contribution in [0.25, 0.3) is 0 Å². The molecular weight excluding hydrogens is 353 g/mol. The Morgan fingerprint density at radius 2 is 1.70 bits per heavy atom. The summed E-state index contributed by atoms with van der Waals surface area (Å²) in [7, 11) is 1.87. The SMILES string of the molecule is CCN(/N=C(\C)c1cc(Cl)ccc1NC)c1cc(Cl)cc(Cl)c1. The molecule has 1 N–H and O–H groups in total. The van der Waals surface area contributed by atoms with Gasteiger partial charge in [0.25, 0.3) is 0 Å². The maximum absolute atomic E-state index is 6.12. The summed E-state index contributed by atoms with van der Waals surface area (Å²) >= 11 is 18.3. The summed E-state index contributed by atoms with van der Waals surface area (Å²) in [6, 6.07) is 11.1. The summed E-state index contributed by atoms with van der Waals surface area (Å²) in [6.07, 6.45) is 0. The maximum Gasteiger partial charge on any atom is 0.0672 e. The molecule has 0 spiro atoms. The fraction of sp³-hybridized carbons (Fsp3) is 0.235. The van der Waals surface area contributed by atoms with Crippen molar-refractivity contribution >= 4 is 51.9 Å². The van der Waals surface area contributed by atoms with Crippen LogP contribution in [0.1, 0.15) is 19.4 Å².